The number of fused-ring (bicyclic) bond motifs is 1. The average molecular weight is 302 g/mol. The molecule has 2 unspecified atom stereocenters. The molecule has 0 saturated carbocycles. The van der Waals surface area contributed by atoms with Gasteiger partial charge in [-0.25, -0.2) is 0 Å². The fourth-order valence-electron chi connectivity index (χ4n) is 2.69. The van der Waals surface area contributed by atoms with Crippen LogP contribution in [0.5, 0.6) is 0 Å². The second-order valence-corrected chi connectivity index (χ2v) is 6.42. The molecular formula is C14H18BrCl. The molecule has 0 fully saturated rings. The maximum Gasteiger partial charge on any atom is 0.0593 e. The minimum absolute atomic E-state index is 0.184. The molecule has 0 spiro atoms. The minimum atomic E-state index is 0.184. The van der Waals surface area contributed by atoms with E-state index in [0.29, 0.717) is 0 Å². The molecule has 2 rings (SSSR count). The second kappa shape index (κ2) is 4.70. The Morgan fingerprint density at radius 3 is 2.75 bits per heavy atom. The summed E-state index contributed by atoms with van der Waals surface area (Å²) in [6.07, 6.45) is 3.54. The molecule has 1 aliphatic carbocycles. The fraction of sp³-hybridized carbons (Fsp3) is 0.571. The smallest absolute Gasteiger partial charge is 0.0593 e. The Morgan fingerprint density at radius 1 is 1.38 bits per heavy atom. The molecule has 0 N–H and O–H groups in total. The quantitative estimate of drug-likeness (QED) is 0.449. The lowest BCUT2D eigenvalue weighted by atomic mass is 9.93. The third kappa shape index (κ3) is 2.17. The number of halogens is 2. The SMILES string of the molecule is Cc1cc(Br)c(C)c2c1CCC(C)CC2Cl. The molecule has 88 valence electrons. The van der Waals surface area contributed by atoms with E-state index in [0.717, 1.165) is 12.3 Å². The summed E-state index contributed by atoms with van der Waals surface area (Å²) in [4.78, 5) is 0. The van der Waals surface area contributed by atoms with Crippen LogP contribution in [0.25, 0.3) is 0 Å². The molecule has 0 nitrogen and oxygen atoms in total. The van der Waals surface area contributed by atoms with Gasteiger partial charge in [0.1, 0.15) is 0 Å². The van der Waals surface area contributed by atoms with Crippen LogP contribution in [0.3, 0.4) is 0 Å². The van der Waals surface area contributed by atoms with Gasteiger partial charge in [-0.05, 0) is 67.3 Å². The van der Waals surface area contributed by atoms with E-state index in [1.165, 1.54) is 39.6 Å². The first-order chi connectivity index (χ1) is 7.50. The number of alkyl halides is 1. The number of hydrogen-bond donors (Lipinski definition) is 0. The first kappa shape index (κ1) is 12.4. The van der Waals surface area contributed by atoms with Crippen LogP contribution in [0.4, 0.5) is 0 Å². The van der Waals surface area contributed by atoms with Gasteiger partial charge in [0.05, 0.1) is 5.38 Å². The lowest BCUT2D eigenvalue weighted by Gasteiger charge is -2.18. The van der Waals surface area contributed by atoms with E-state index in [1.807, 2.05) is 0 Å². The maximum atomic E-state index is 6.57. The van der Waals surface area contributed by atoms with E-state index in [-0.39, 0.29) is 5.38 Å². The molecule has 0 saturated heterocycles. The molecule has 0 aliphatic heterocycles. The van der Waals surface area contributed by atoms with Crippen LogP contribution in [0.15, 0.2) is 10.5 Å². The molecule has 1 aromatic carbocycles. The molecule has 0 amide bonds. The molecule has 0 heterocycles. The summed E-state index contributed by atoms with van der Waals surface area (Å²) in [5.74, 6) is 0.729. The van der Waals surface area contributed by atoms with Gasteiger partial charge in [-0.1, -0.05) is 22.9 Å². The Hall–Kier alpha value is -0.0100. The van der Waals surface area contributed by atoms with Crippen LogP contribution in [-0.4, -0.2) is 0 Å². The van der Waals surface area contributed by atoms with Gasteiger partial charge in [0, 0.05) is 4.47 Å². The Balaban J connectivity index is 2.59. The van der Waals surface area contributed by atoms with Crippen LogP contribution in [0, 0.1) is 19.8 Å². The predicted molar refractivity (Wildman–Crippen MR) is 74.3 cm³/mol. The van der Waals surface area contributed by atoms with Crippen molar-refractivity contribution in [2.45, 2.75) is 45.4 Å². The molecule has 1 aliphatic rings. The summed E-state index contributed by atoms with van der Waals surface area (Å²) in [6.45, 7) is 6.68. The standard InChI is InChI=1S/C14H18BrCl/c1-8-4-5-11-9(2)7-12(15)10(3)14(11)13(16)6-8/h7-8,13H,4-6H2,1-3H3. The molecule has 0 bridgehead atoms. The van der Waals surface area contributed by atoms with Crippen molar-refractivity contribution >= 4 is 27.5 Å². The Bertz CT molecular complexity index is 412. The molecule has 0 aromatic heterocycles. The topological polar surface area (TPSA) is 0 Å². The van der Waals surface area contributed by atoms with Gasteiger partial charge < -0.3 is 0 Å². The Labute approximate surface area is 112 Å². The third-order valence-corrected chi connectivity index (χ3v) is 4.94. The van der Waals surface area contributed by atoms with Gasteiger partial charge in [-0.3, -0.25) is 0 Å². The lowest BCUT2D eigenvalue weighted by Crippen LogP contribution is -2.01. The average Bonchev–Trinajstić information content (AvgIpc) is 2.34. The van der Waals surface area contributed by atoms with Crippen LogP contribution in [0.2, 0.25) is 0 Å². The molecule has 0 radical (unpaired) electrons. The van der Waals surface area contributed by atoms with Crippen molar-refractivity contribution < 1.29 is 0 Å². The van der Waals surface area contributed by atoms with Crippen molar-refractivity contribution in [1.29, 1.82) is 0 Å². The summed E-state index contributed by atoms with van der Waals surface area (Å²) >= 11 is 10.2. The molecule has 2 heteroatoms. The van der Waals surface area contributed by atoms with E-state index in [2.05, 4.69) is 42.8 Å². The number of rotatable bonds is 0. The summed E-state index contributed by atoms with van der Waals surface area (Å²) in [5, 5.41) is 0.184. The van der Waals surface area contributed by atoms with Crippen molar-refractivity contribution in [3.8, 4) is 0 Å². The number of aryl methyl sites for hydroxylation is 1. The van der Waals surface area contributed by atoms with Gasteiger partial charge in [0.2, 0.25) is 0 Å². The zero-order valence-corrected chi connectivity index (χ0v) is 12.5. The molecule has 2 atom stereocenters. The predicted octanol–water partition coefficient (Wildman–Crippen LogP) is 5.32. The van der Waals surface area contributed by atoms with Crippen LogP contribution >= 0.6 is 27.5 Å². The van der Waals surface area contributed by atoms with Gasteiger partial charge >= 0.3 is 0 Å². The normalized spacial score (nSPS) is 25.1. The zero-order chi connectivity index (χ0) is 11.9. The maximum absolute atomic E-state index is 6.57. The van der Waals surface area contributed by atoms with E-state index in [4.69, 9.17) is 11.6 Å². The largest absolute Gasteiger partial charge is 0.118 e. The fourth-order valence-corrected chi connectivity index (χ4v) is 3.84. The molecule has 16 heavy (non-hydrogen) atoms. The molecule has 1 aromatic rings. The summed E-state index contributed by atoms with van der Waals surface area (Å²) in [7, 11) is 0. The van der Waals surface area contributed by atoms with Crippen molar-refractivity contribution in [2.75, 3.05) is 0 Å². The van der Waals surface area contributed by atoms with Crippen molar-refractivity contribution in [3.63, 3.8) is 0 Å². The third-order valence-electron chi connectivity index (χ3n) is 3.72. The van der Waals surface area contributed by atoms with E-state index >= 15 is 0 Å². The van der Waals surface area contributed by atoms with Crippen LogP contribution in [-0.2, 0) is 6.42 Å². The van der Waals surface area contributed by atoms with E-state index in [1.54, 1.807) is 0 Å². The second-order valence-electron chi connectivity index (χ2n) is 5.04. The van der Waals surface area contributed by atoms with Crippen molar-refractivity contribution in [3.05, 3.63) is 32.8 Å². The number of hydrogen-bond acceptors (Lipinski definition) is 0. The first-order valence-corrected chi connectivity index (χ1v) is 7.16. The Morgan fingerprint density at radius 2 is 2.06 bits per heavy atom. The summed E-state index contributed by atoms with van der Waals surface area (Å²) < 4.78 is 1.20. The minimum Gasteiger partial charge on any atom is -0.118 e. The summed E-state index contributed by atoms with van der Waals surface area (Å²) in [5.41, 5.74) is 5.59. The van der Waals surface area contributed by atoms with Gasteiger partial charge in [-0.2, -0.15) is 0 Å². The zero-order valence-electron chi connectivity index (χ0n) is 10.1. The van der Waals surface area contributed by atoms with Gasteiger partial charge in [0.25, 0.3) is 0 Å². The Kier molecular flexibility index (Phi) is 3.65. The number of benzene rings is 1. The molecular weight excluding hydrogens is 284 g/mol. The van der Waals surface area contributed by atoms with Gasteiger partial charge in [-0.15, -0.1) is 11.6 Å². The van der Waals surface area contributed by atoms with Gasteiger partial charge in [0.15, 0.2) is 0 Å². The highest BCUT2D eigenvalue weighted by Crippen LogP contribution is 2.41. The van der Waals surface area contributed by atoms with E-state index in [9.17, 15) is 0 Å². The highest BCUT2D eigenvalue weighted by Gasteiger charge is 2.24. The highest BCUT2D eigenvalue weighted by atomic mass is 79.9. The monoisotopic (exact) mass is 300 g/mol. The van der Waals surface area contributed by atoms with E-state index < -0.39 is 0 Å². The highest BCUT2D eigenvalue weighted by molar-refractivity contribution is 9.10. The van der Waals surface area contributed by atoms with Crippen LogP contribution < -0.4 is 0 Å². The van der Waals surface area contributed by atoms with Crippen molar-refractivity contribution in [2.24, 2.45) is 5.92 Å². The van der Waals surface area contributed by atoms with Crippen LogP contribution in [0.1, 0.15) is 47.4 Å². The van der Waals surface area contributed by atoms with Crippen molar-refractivity contribution in [1.82, 2.24) is 0 Å². The summed E-state index contributed by atoms with van der Waals surface area (Å²) in [6, 6.07) is 2.23. The lowest BCUT2D eigenvalue weighted by molar-refractivity contribution is 0.503. The first-order valence-electron chi connectivity index (χ1n) is 5.93.